The van der Waals surface area contributed by atoms with Crippen molar-refractivity contribution in [1.29, 1.82) is 0 Å². The van der Waals surface area contributed by atoms with Crippen LogP contribution in [0.2, 0.25) is 5.02 Å². The minimum absolute atomic E-state index is 0.0166. The van der Waals surface area contributed by atoms with Gasteiger partial charge in [-0.1, -0.05) is 27.5 Å². The van der Waals surface area contributed by atoms with Crippen LogP contribution in [0.3, 0.4) is 0 Å². The number of rotatable bonds is 6. The van der Waals surface area contributed by atoms with Crippen LogP contribution in [0.25, 0.3) is 0 Å². The smallest absolute Gasteiger partial charge is 0.224 e. The lowest BCUT2D eigenvalue weighted by atomic mass is 10.2. The first kappa shape index (κ1) is 15.9. The van der Waals surface area contributed by atoms with Gasteiger partial charge in [0.2, 0.25) is 5.91 Å². The average Bonchev–Trinajstić information content (AvgIpc) is 2.48. The lowest BCUT2D eigenvalue weighted by molar-refractivity contribution is -0.116. The zero-order valence-electron chi connectivity index (χ0n) is 11.3. The first-order chi connectivity index (χ1) is 10.1. The van der Waals surface area contributed by atoms with Crippen LogP contribution in [0, 0.1) is 0 Å². The zero-order chi connectivity index (χ0) is 15.1. The van der Waals surface area contributed by atoms with E-state index < -0.39 is 0 Å². The molecule has 0 atom stereocenters. The van der Waals surface area contributed by atoms with Gasteiger partial charge in [0.05, 0.1) is 6.61 Å². The molecule has 0 fully saturated rings. The Hall–Kier alpha value is -1.52. The predicted molar refractivity (Wildman–Crippen MR) is 89.0 cm³/mol. The Kier molecular flexibility index (Phi) is 6.08. The summed E-state index contributed by atoms with van der Waals surface area (Å²) in [5, 5.41) is 3.52. The summed E-state index contributed by atoms with van der Waals surface area (Å²) in [6, 6.07) is 14.7. The molecule has 0 aliphatic rings. The van der Waals surface area contributed by atoms with E-state index in [2.05, 4.69) is 21.2 Å². The molecule has 5 heteroatoms. The number of nitrogens with one attached hydrogen (secondary N) is 1. The van der Waals surface area contributed by atoms with E-state index in [-0.39, 0.29) is 5.91 Å². The molecule has 0 bridgehead atoms. The highest BCUT2D eigenvalue weighted by atomic mass is 79.9. The molecule has 110 valence electrons. The maximum absolute atomic E-state index is 11.8. The highest BCUT2D eigenvalue weighted by molar-refractivity contribution is 9.10. The molecule has 0 unspecified atom stereocenters. The Balaban J connectivity index is 1.67. The molecule has 2 rings (SSSR count). The largest absolute Gasteiger partial charge is 0.494 e. The lowest BCUT2D eigenvalue weighted by Crippen LogP contribution is -2.12. The summed E-state index contributed by atoms with van der Waals surface area (Å²) >= 11 is 9.14. The second kappa shape index (κ2) is 8.05. The summed E-state index contributed by atoms with van der Waals surface area (Å²) in [7, 11) is 0. The molecule has 0 saturated carbocycles. The number of ether oxygens (including phenoxy) is 1. The molecule has 2 aromatic rings. The molecule has 1 N–H and O–H groups in total. The summed E-state index contributed by atoms with van der Waals surface area (Å²) in [4.78, 5) is 11.8. The van der Waals surface area contributed by atoms with E-state index in [1.165, 1.54) is 0 Å². The zero-order valence-corrected chi connectivity index (χ0v) is 13.7. The maximum Gasteiger partial charge on any atom is 0.224 e. The van der Waals surface area contributed by atoms with Crippen LogP contribution in [-0.2, 0) is 4.79 Å². The Morgan fingerprint density at radius 1 is 1.10 bits per heavy atom. The van der Waals surface area contributed by atoms with Crippen molar-refractivity contribution in [1.82, 2.24) is 0 Å². The van der Waals surface area contributed by atoms with Crippen molar-refractivity contribution in [3.05, 3.63) is 58.0 Å². The fourth-order valence-electron chi connectivity index (χ4n) is 1.71. The number of halogens is 2. The molecule has 0 aliphatic carbocycles. The third-order valence-corrected chi connectivity index (χ3v) is 3.54. The van der Waals surface area contributed by atoms with Crippen molar-refractivity contribution in [2.24, 2.45) is 0 Å². The Morgan fingerprint density at radius 2 is 1.76 bits per heavy atom. The third kappa shape index (κ3) is 5.78. The summed E-state index contributed by atoms with van der Waals surface area (Å²) in [5.41, 5.74) is 0.793. The Bertz CT molecular complexity index is 584. The van der Waals surface area contributed by atoms with Crippen LogP contribution in [0.1, 0.15) is 12.8 Å². The van der Waals surface area contributed by atoms with Crippen LogP contribution in [0.15, 0.2) is 53.0 Å². The van der Waals surface area contributed by atoms with Gasteiger partial charge in [0.1, 0.15) is 5.75 Å². The number of hydrogen-bond donors (Lipinski definition) is 1. The number of anilines is 1. The minimum Gasteiger partial charge on any atom is -0.494 e. The predicted octanol–water partition coefficient (Wildman–Crippen LogP) is 4.90. The lowest BCUT2D eigenvalue weighted by Gasteiger charge is -2.07. The number of hydrogen-bond acceptors (Lipinski definition) is 2. The van der Waals surface area contributed by atoms with Crippen LogP contribution in [0.4, 0.5) is 5.69 Å². The van der Waals surface area contributed by atoms with Gasteiger partial charge in [0.25, 0.3) is 0 Å². The van der Waals surface area contributed by atoms with Crippen LogP contribution in [-0.4, -0.2) is 12.5 Å². The average molecular weight is 369 g/mol. The van der Waals surface area contributed by atoms with Crippen molar-refractivity contribution in [3.63, 3.8) is 0 Å². The SMILES string of the molecule is O=C(CCCOc1ccc(Cl)cc1)Nc1ccc(Br)cc1. The van der Waals surface area contributed by atoms with Gasteiger partial charge in [-0.3, -0.25) is 4.79 Å². The van der Waals surface area contributed by atoms with E-state index in [0.717, 1.165) is 15.9 Å². The highest BCUT2D eigenvalue weighted by Crippen LogP contribution is 2.16. The van der Waals surface area contributed by atoms with Gasteiger partial charge in [-0.15, -0.1) is 0 Å². The van der Waals surface area contributed by atoms with Crippen molar-refractivity contribution >= 4 is 39.1 Å². The van der Waals surface area contributed by atoms with Gasteiger partial charge in [0.15, 0.2) is 0 Å². The monoisotopic (exact) mass is 367 g/mol. The Morgan fingerprint density at radius 3 is 2.43 bits per heavy atom. The number of benzene rings is 2. The van der Waals surface area contributed by atoms with E-state index in [9.17, 15) is 4.79 Å². The first-order valence-electron chi connectivity index (χ1n) is 6.57. The van der Waals surface area contributed by atoms with Gasteiger partial charge < -0.3 is 10.1 Å². The summed E-state index contributed by atoms with van der Waals surface area (Å²) in [5.74, 6) is 0.741. The van der Waals surface area contributed by atoms with Crippen molar-refractivity contribution < 1.29 is 9.53 Å². The van der Waals surface area contributed by atoms with Crippen LogP contribution >= 0.6 is 27.5 Å². The molecule has 1 amide bonds. The first-order valence-corrected chi connectivity index (χ1v) is 7.74. The van der Waals surface area contributed by atoms with Crippen molar-refractivity contribution in [2.45, 2.75) is 12.8 Å². The van der Waals surface area contributed by atoms with E-state index >= 15 is 0 Å². The molecule has 0 heterocycles. The molecular weight excluding hydrogens is 354 g/mol. The second-order valence-corrected chi connectivity index (χ2v) is 5.81. The molecule has 0 saturated heterocycles. The molecule has 0 radical (unpaired) electrons. The van der Waals surface area contributed by atoms with Gasteiger partial charge >= 0.3 is 0 Å². The second-order valence-electron chi connectivity index (χ2n) is 4.46. The molecule has 2 aromatic carbocycles. The quantitative estimate of drug-likeness (QED) is 0.736. The molecule has 0 spiro atoms. The van der Waals surface area contributed by atoms with Crippen molar-refractivity contribution in [2.75, 3.05) is 11.9 Å². The normalized spacial score (nSPS) is 10.2. The van der Waals surface area contributed by atoms with E-state index in [1.54, 1.807) is 12.1 Å². The van der Waals surface area contributed by atoms with Crippen molar-refractivity contribution in [3.8, 4) is 5.75 Å². The number of amides is 1. The van der Waals surface area contributed by atoms with Crippen LogP contribution < -0.4 is 10.1 Å². The summed E-state index contributed by atoms with van der Waals surface area (Å²) < 4.78 is 6.52. The maximum atomic E-state index is 11.8. The minimum atomic E-state index is -0.0166. The fraction of sp³-hybridized carbons (Fsp3) is 0.188. The topological polar surface area (TPSA) is 38.3 Å². The van der Waals surface area contributed by atoms with E-state index in [1.807, 2.05) is 36.4 Å². The van der Waals surface area contributed by atoms with Gasteiger partial charge in [-0.25, -0.2) is 0 Å². The number of carbonyl (C=O) groups excluding carboxylic acids is 1. The molecule has 3 nitrogen and oxygen atoms in total. The Labute approximate surface area is 137 Å². The summed E-state index contributed by atoms with van der Waals surface area (Å²) in [6.07, 6.45) is 1.08. The van der Waals surface area contributed by atoms with Crippen LogP contribution in [0.5, 0.6) is 5.75 Å². The van der Waals surface area contributed by atoms with E-state index in [0.29, 0.717) is 24.5 Å². The third-order valence-electron chi connectivity index (χ3n) is 2.76. The standard InChI is InChI=1S/C16H15BrClNO2/c17-12-3-7-14(8-4-12)19-16(20)2-1-11-21-15-9-5-13(18)6-10-15/h3-10H,1-2,11H2,(H,19,20). The van der Waals surface area contributed by atoms with Gasteiger partial charge in [-0.2, -0.15) is 0 Å². The molecular formula is C16H15BrClNO2. The van der Waals surface area contributed by atoms with Gasteiger partial charge in [-0.05, 0) is 55.0 Å². The van der Waals surface area contributed by atoms with Gasteiger partial charge in [0, 0.05) is 21.6 Å². The molecule has 0 aliphatic heterocycles. The fourth-order valence-corrected chi connectivity index (χ4v) is 2.10. The molecule has 0 aromatic heterocycles. The van der Waals surface area contributed by atoms with E-state index in [4.69, 9.17) is 16.3 Å². The highest BCUT2D eigenvalue weighted by Gasteiger charge is 2.02. The summed E-state index contributed by atoms with van der Waals surface area (Å²) in [6.45, 7) is 0.495. The molecule has 21 heavy (non-hydrogen) atoms. The number of carbonyl (C=O) groups is 1.